The first-order chi connectivity index (χ1) is 58.8. The van der Waals surface area contributed by atoms with Gasteiger partial charge in [0.1, 0.15) is 72.9 Å². The Hall–Kier alpha value is -7.20. The van der Waals surface area contributed by atoms with Crippen molar-refractivity contribution < 1.29 is 121 Å². The molecule has 34 heteroatoms. The summed E-state index contributed by atoms with van der Waals surface area (Å²) in [5.74, 6) is -8.32. The third-order valence-corrected chi connectivity index (χ3v) is 23.9. The minimum absolute atomic E-state index is 0.0913. The molecule has 0 aromatic carbocycles. The Balaban J connectivity index is 2.06. The van der Waals surface area contributed by atoms with Crippen LogP contribution in [-0.2, 0) is 79.8 Å². The van der Waals surface area contributed by atoms with Crippen molar-refractivity contribution in [2.45, 2.75) is 370 Å². The molecule has 17 atom stereocenters. The zero-order valence-electron chi connectivity index (χ0n) is 77.1. The predicted octanol–water partition coefficient (Wildman–Crippen LogP) is 8.94. The van der Waals surface area contributed by atoms with Gasteiger partial charge in [0, 0.05) is 20.3 Å². The van der Waals surface area contributed by atoms with Gasteiger partial charge in [-0.2, -0.15) is 0 Å². The van der Waals surface area contributed by atoms with Crippen molar-refractivity contribution in [2.24, 2.45) is 5.73 Å². The fourth-order valence-electron chi connectivity index (χ4n) is 13.7. The summed E-state index contributed by atoms with van der Waals surface area (Å²) in [7, 11) is -12.1. The van der Waals surface area contributed by atoms with E-state index in [4.69, 9.17) is 33.7 Å². The summed E-state index contributed by atoms with van der Waals surface area (Å²) in [6.07, 6.45) is 27.4. The first-order valence-electron chi connectivity index (χ1n) is 43.9. The number of carbonyl (C=O) groups excluding carboxylic acids is 8. The molecule has 2 aliphatic rings. The van der Waals surface area contributed by atoms with Gasteiger partial charge >= 0.3 is 0 Å². The summed E-state index contributed by atoms with van der Waals surface area (Å²) in [5, 5.41) is 68.3. The maximum atomic E-state index is 14.1. The lowest BCUT2D eigenvalue weighted by molar-refractivity contribution is -0.368. The molecule has 0 aromatic heterocycles. The third-order valence-electron chi connectivity index (χ3n) is 21.4. The third kappa shape index (κ3) is 49.2. The number of amides is 7. The number of quaternary nitrogens is 1. The van der Waals surface area contributed by atoms with Gasteiger partial charge in [0.25, 0.3) is 15.6 Å². The topological polar surface area (TPSA) is 511 Å². The molecule has 0 aromatic rings. The van der Waals surface area contributed by atoms with E-state index >= 15 is 0 Å². The molecule has 7 amide bonds. The normalized spacial score (nSPS) is 22.7. The van der Waals surface area contributed by atoms with E-state index in [2.05, 4.69) is 172 Å². The van der Waals surface area contributed by atoms with E-state index < -0.39 is 187 Å². The highest BCUT2D eigenvalue weighted by molar-refractivity contribution is 7.59. The lowest BCUT2D eigenvalue weighted by Gasteiger charge is -2.50. The number of nitrogens with one attached hydrogen (secondary N) is 6. The number of nitrogens with two attached hydrogens (primary N) is 1. The molecule has 0 saturated carbocycles. The first-order valence-corrected chi connectivity index (χ1v) is 46.8. The average molecular weight is 1800 g/mol. The number of aliphatic hydroxyl groups is 4. The van der Waals surface area contributed by atoms with Gasteiger partial charge in [0.05, 0.1) is 38.4 Å². The summed E-state index contributed by atoms with van der Waals surface area (Å²) in [6.45, 7) is 29.0. The number of carboxylic acids is 1. The zero-order chi connectivity index (χ0) is 94.1. The Morgan fingerprint density at radius 2 is 0.848 bits per heavy atom. The largest absolute Gasteiger partial charge is 0.756 e. The highest BCUT2D eigenvalue weighted by Gasteiger charge is 2.54. The Labute approximate surface area is 742 Å². The molecule has 2 saturated heterocycles. The fraction of sp³-hybridized carbons (Fsp3) is 0.670. The number of ether oxygens (including phenoxy) is 4. The molecule has 2 heterocycles. The van der Waals surface area contributed by atoms with Crippen molar-refractivity contribution in [3.63, 3.8) is 0 Å². The van der Waals surface area contributed by atoms with Crippen LogP contribution in [0, 0.1) is 0 Å². The van der Waals surface area contributed by atoms with Crippen molar-refractivity contribution in [1.82, 2.24) is 31.9 Å². The first kappa shape index (κ1) is 114. The molecule has 2 rings (SSSR count). The molecule has 2 unspecified atom stereocenters. The van der Waals surface area contributed by atoms with Gasteiger partial charge in [-0.15, -0.1) is 0 Å². The number of hydrogen-bond acceptors (Lipinski definition) is 24. The van der Waals surface area contributed by atoms with E-state index in [0.717, 1.165) is 149 Å². The van der Waals surface area contributed by atoms with Gasteiger partial charge in [-0.1, -0.05) is 128 Å². The zero-order valence-corrected chi connectivity index (χ0v) is 78.9. The van der Waals surface area contributed by atoms with Crippen LogP contribution in [0.5, 0.6) is 0 Å². The second-order valence-corrected chi connectivity index (χ2v) is 36.4. The van der Waals surface area contributed by atoms with Crippen molar-refractivity contribution in [1.29, 1.82) is 0 Å². The SMILES string of the molecule is CC(=O)N[C@H]1[C@H](O[C@H]2[C@H](O[C@H](C)C(=O)N[C@@H](C)C(=O)N[C@H](CCC(=O)N[C@H](CCCC[NH3+])C(=O)N[C@@H](C)C(=O)[O-])C(N)=O)[C@@H](NC(C)=O)[C@@H](OP(=O)([O-])OP(=O)([O-])OC/C=C(/C)CC/C=C(/C)CC/C=C(/C)CC/C=C(/C)CC/C=C(/C)CC/C=C(/C)CC/C=C(/C)CC/C=C(/C)CC/C=C(\C)CC/C=C(\C)CCC=C(C)C)O[C@@H]2CO)O[C@H](CO)[C@@H](O)[C@@H]1O. The van der Waals surface area contributed by atoms with E-state index in [1.807, 2.05) is 6.92 Å². The number of primary amides is 1. The number of carboxylic acid groups (broad SMARTS) is 1. The Morgan fingerprint density at radius 1 is 0.456 bits per heavy atom. The van der Waals surface area contributed by atoms with Crippen molar-refractivity contribution in [3.8, 4) is 0 Å². The van der Waals surface area contributed by atoms with Crippen LogP contribution in [0.25, 0.3) is 0 Å². The van der Waals surface area contributed by atoms with Crippen molar-refractivity contribution in [3.05, 3.63) is 128 Å². The second kappa shape index (κ2) is 61.3. The standard InChI is InChI=1S/C91H152N8O24P2/c1-58(2)30-20-31-59(3)32-21-33-60(4)34-22-35-61(5)36-23-37-62(6)38-24-39-63(7)40-25-41-64(8)42-26-43-65(9)44-27-45-66(10)46-28-47-67(11)48-29-49-68(12)53-55-117-124(113,114)123-125(115,116)122-91-80(97-73(17)103)84(83(77(57-101)120-91)121-90-79(96-72(16)102)82(106)81(105)76(56-100)119-90)118-71(15)87(109)94-69(13)86(108)99-74(85(93)107)51-52-78(104)98-75(50-18-19-54-92)88(110)95-70(14)89(111)112/h30,32,34,36,38,40,42,44,46,48,53,69-71,74-77,79-84,90-91,100-101,105-106H,18-29,31,33,35,37,39,41,43,45,47,49-52,54-57,92H2,1-17H3,(H2,93,107)(H,94,109)(H,95,110)(H,96,102)(H,97,103)(H,98,104)(H,99,108)(H,111,112)(H,113,114)(H,115,116)/p-2/b59-32+,60-34+,61-36-,62-38-,63-40-,64-42-,65-44-,66-46-,67-48-,68-53-/t69-,70-,71+,74+,75+,76+,77+,79+,80+,81+,82+,83+,84+,90-,91+/m0/s1. The van der Waals surface area contributed by atoms with Crippen molar-refractivity contribution >= 4 is 63.0 Å². The van der Waals surface area contributed by atoms with E-state index in [0.29, 0.717) is 37.8 Å². The summed E-state index contributed by atoms with van der Waals surface area (Å²) >= 11 is 0. The molecule has 0 aliphatic carbocycles. The molecule has 125 heavy (non-hydrogen) atoms. The molecule has 710 valence electrons. The number of phosphoric ester groups is 2. The van der Waals surface area contributed by atoms with E-state index in [-0.39, 0.29) is 6.42 Å². The van der Waals surface area contributed by atoms with E-state index in [1.165, 1.54) is 63.2 Å². The smallest absolute Gasteiger partial charge is 0.276 e. The number of phosphoric acid groups is 2. The van der Waals surface area contributed by atoms with Crippen molar-refractivity contribution in [2.75, 3.05) is 26.4 Å². The van der Waals surface area contributed by atoms with Crippen LogP contribution in [-0.4, -0.2) is 186 Å². The summed E-state index contributed by atoms with van der Waals surface area (Å²) in [5.41, 5.74) is 24.0. The van der Waals surface area contributed by atoms with Gasteiger partial charge in [0.15, 0.2) is 12.6 Å². The lowest BCUT2D eigenvalue weighted by atomic mass is 9.94. The van der Waals surface area contributed by atoms with Gasteiger partial charge in [0.2, 0.25) is 41.4 Å². The number of unbranched alkanes of at least 4 members (excludes halogenated alkanes) is 1. The summed E-state index contributed by atoms with van der Waals surface area (Å²) in [6, 6.07) is -9.49. The molecular formula is C91H150N8O24P2-2. The minimum atomic E-state index is -6.24. The number of rotatable bonds is 61. The number of aliphatic carboxylic acids is 1. The molecule has 2 aliphatic heterocycles. The monoisotopic (exact) mass is 1800 g/mol. The molecule has 0 spiro atoms. The lowest BCUT2D eigenvalue weighted by Crippen LogP contribution is -2.70. The minimum Gasteiger partial charge on any atom is -0.756 e. The van der Waals surface area contributed by atoms with Crippen LogP contribution >= 0.6 is 15.6 Å². The highest BCUT2D eigenvalue weighted by Crippen LogP contribution is 2.57. The maximum Gasteiger partial charge on any atom is 0.276 e. The second-order valence-electron chi connectivity index (χ2n) is 33.5. The quantitative estimate of drug-likeness (QED) is 0.0153. The highest BCUT2D eigenvalue weighted by atomic mass is 31.3. The Morgan fingerprint density at radius 3 is 1.23 bits per heavy atom. The average Bonchev–Trinajstić information content (AvgIpc) is 0.766. The summed E-state index contributed by atoms with van der Waals surface area (Å²) < 4.78 is 65.4. The van der Waals surface area contributed by atoms with Crippen LogP contribution < -0.4 is 58.3 Å². The van der Waals surface area contributed by atoms with Crippen LogP contribution in [0.4, 0.5) is 0 Å². The number of carbonyl (C=O) groups is 8. The summed E-state index contributed by atoms with van der Waals surface area (Å²) in [4.78, 5) is 130. The van der Waals surface area contributed by atoms with E-state index in [1.54, 1.807) is 6.92 Å². The van der Waals surface area contributed by atoms with Crippen LogP contribution in [0.3, 0.4) is 0 Å². The Bertz CT molecular complexity index is 3880. The number of hydrogen-bond donors (Lipinski definition) is 12. The van der Waals surface area contributed by atoms with E-state index in [9.17, 15) is 82.8 Å². The molecule has 32 nitrogen and oxygen atoms in total. The molecule has 2 fully saturated rings. The van der Waals surface area contributed by atoms with Crippen LogP contribution in [0.1, 0.15) is 278 Å². The molecule has 15 N–H and O–H groups in total. The molecule has 0 bridgehead atoms. The molecule has 0 radical (unpaired) electrons. The number of allylic oxidation sites excluding steroid dienone is 21. The van der Waals surface area contributed by atoms with Gasteiger partial charge in [-0.25, -0.2) is 4.31 Å². The fourth-order valence-corrected chi connectivity index (χ4v) is 15.7. The maximum absolute atomic E-state index is 14.1. The van der Waals surface area contributed by atoms with Gasteiger partial charge < -0.3 is 107 Å². The van der Waals surface area contributed by atoms with Gasteiger partial charge in [-0.3, -0.25) is 47.2 Å². The molecular weight excluding hydrogens is 1650 g/mol. The number of aliphatic hydroxyl groups excluding tert-OH is 4. The van der Waals surface area contributed by atoms with Crippen LogP contribution in [0.15, 0.2) is 128 Å². The Kier molecular flexibility index (Phi) is 55.9. The predicted molar refractivity (Wildman–Crippen MR) is 475 cm³/mol. The van der Waals surface area contributed by atoms with Crippen LogP contribution in [0.2, 0.25) is 0 Å². The van der Waals surface area contributed by atoms with Gasteiger partial charge in [-0.05, 0) is 258 Å².